The van der Waals surface area contributed by atoms with Crippen molar-refractivity contribution >= 4 is 5.97 Å². The summed E-state index contributed by atoms with van der Waals surface area (Å²) in [6.07, 6.45) is 0.743. The van der Waals surface area contributed by atoms with E-state index in [1.54, 1.807) is 7.05 Å². The first kappa shape index (κ1) is 15.4. The molecule has 0 saturated carbocycles. The maximum Gasteiger partial charge on any atom is 0.326 e. The van der Waals surface area contributed by atoms with E-state index in [2.05, 4.69) is 17.1 Å². The first-order valence-corrected chi connectivity index (χ1v) is 6.71. The second-order valence-electron chi connectivity index (χ2n) is 5.01. The van der Waals surface area contributed by atoms with Crippen molar-refractivity contribution in [2.45, 2.75) is 38.8 Å². The molecule has 0 spiro atoms. The van der Waals surface area contributed by atoms with Gasteiger partial charge in [-0.25, -0.2) is 0 Å². The van der Waals surface area contributed by atoms with Gasteiger partial charge in [0.2, 0.25) is 0 Å². The number of esters is 1. The third kappa shape index (κ3) is 3.93. The van der Waals surface area contributed by atoms with Crippen molar-refractivity contribution in [3.05, 3.63) is 0 Å². The molecule has 1 N–H and O–H groups in total. The summed E-state index contributed by atoms with van der Waals surface area (Å²) in [6, 6.07) is 0.419. The van der Waals surface area contributed by atoms with Gasteiger partial charge in [-0.15, -0.1) is 0 Å². The number of hydrogen-bond acceptors (Lipinski definition) is 5. The van der Waals surface area contributed by atoms with E-state index in [0.29, 0.717) is 12.6 Å². The Morgan fingerprint density at radius 2 is 2.33 bits per heavy atom. The zero-order chi connectivity index (χ0) is 13.6. The first-order valence-electron chi connectivity index (χ1n) is 6.71. The van der Waals surface area contributed by atoms with Crippen molar-refractivity contribution in [2.75, 3.05) is 40.0 Å². The smallest absolute Gasteiger partial charge is 0.326 e. The maximum atomic E-state index is 11.9. The van der Waals surface area contributed by atoms with Crippen molar-refractivity contribution < 1.29 is 14.3 Å². The van der Waals surface area contributed by atoms with Gasteiger partial charge < -0.3 is 14.8 Å². The number of hydrogen-bond donors (Lipinski definition) is 1. The molecule has 2 atom stereocenters. The van der Waals surface area contributed by atoms with Crippen LogP contribution in [0.2, 0.25) is 0 Å². The van der Waals surface area contributed by atoms with Crippen LogP contribution in [0.15, 0.2) is 0 Å². The minimum atomic E-state index is -0.603. The van der Waals surface area contributed by atoms with Crippen molar-refractivity contribution in [1.82, 2.24) is 10.2 Å². The fourth-order valence-corrected chi connectivity index (χ4v) is 2.08. The Kier molecular flexibility index (Phi) is 6.05. The lowest BCUT2D eigenvalue weighted by atomic mass is 9.97. The average Bonchev–Trinajstić information content (AvgIpc) is 2.37. The Morgan fingerprint density at radius 3 is 2.89 bits per heavy atom. The summed E-state index contributed by atoms with van der Waals surface area (Å²) in [5, 5.41) is 3.08. The predicted molar refractivity (Wildman–Crippen MR) is 70.6 cm³/mol. The Hall–Kier alpha value is -0.650. The molecular weight excluding hydrogens is 232 g/mol. The molecule has 18 heavy (non-hydrogen) atoms. The molecule has 0 aromatic rings. The van der Waals surface area contributed by atoms with E-state index in [9.17, 15) is 4.79 Å². The van der Waals surface area contributed by atoms with Gasteiger partial charge in [0, 0.05) is 19.1 Å². The third-order valence-electron chi connectivity index (χ3n) is 3.68. The zero-order valence-electron chi connectivity index (χ0n) is 12.0. The van der Waals surface area contributed by atoms with Gasteiger partial charge in [0.25, 0.3) is 0 Å². The van der Waals surface area contributed by atoms with Gasteiger partial charge in [0.15, 0.2) is 0 Å². The van der Waals surface area contributed by atoms with Gasteiger partial charge in [0.05, 0.1) is 19.8 Å². The number of carbonyl (C=O) groups excluding carboxylic acids is 1. The SMILES string of the molecule is CCOC(=O)C(C)(CCN1CCOCC1C)NC. The van der Waals surface area contributed by atoms with Crippen LogP contribution in [-0.2, 0) is 14.3 Å². The summed E-state index contributed by atoms with van der Waals surface area (Å²) < 4.78 is 10.5. The molecule has 0 aromatic heterocycles. The molecule has 0 bridgehead atoms. The van der Waals surface area contributed by atoms with Gasteiger partial charge in [-0.1, -0.05) is 0 Å². The fourth-order valence-electron chi connectivity index (χ4n) is 2.08. The number of rotatable bonds is 6. The molecule has 0 aromatic carbocycles. The quantitative estimate of drug-likeness (QED) is 0.709. The van der Waals surface area contributed by atoms with Crippen LogP contribution in [0.25, 0.3) is 0 Å². The second kappa shape index (κ2) is 7.07. The van der Waals surface area contributed by atoms with E-state index in [1.165, 1.54) is 0 Å². The minimum absolute atomic E-state index is 0.173. The molecule has 2 unspecified atom stereocenters. The molecule has 0 amide bonds. The van der Waals surface area contributed by atoms with Gasteiger partial charge in [-0.2, -0.15) is 0 Å². The van der Waals surface area contributed by atoms with Crippen molar-refractivity contribution in [3.63, 3.8) is 0 Å². The van der Waals surface area contributed by atoms with Crippen LogP contribution in [-0.4, -0.2) is 62.4 Å². The van der Waals surface area contributed by atoms with Crippen molar-refractivity contribution in [2.24, 2.45) is 0 Å². The van der Waals surface area contributed by atoms with Crippen LogP contribution in [0.5, 0.6) is 0 Å². The highest BCUT2D eigenvalue weighted by molar-refractivity contribution is 5.80. The number of ether oxygens (including phenoxy) is 2. The lowest BCUT2D eigenvalue weighted by Crippen LogP contribution is -2.52. The van der Waals surface area contributed by atoms with Crippen molar-refractivity contribution in [1.29, 1.82) is 0 Å². The standard InChI is InChI=1S/C13H26N2O3/c1-5-18-12(16)13(3,14-4)6-7-15-8-9-17-10-11(15)2/h11,14H,5-10H2,1-4H3. The molecule has 5 heteroatoms. The van der Waals surface area contributed by atoms with E-state index < -0.39 is 5.54 Å². The molecule has 0 aliphatic carbocycles. The molecule has 1 rings (SSSR count). The number of likely N-dealkylation sites (N-methyl/N-ethyl adjacent to an activating group) is 1. The molecule has 0 radical (unpaired) electrons. The van der Waals surface area contributed by atoms with Gasteiger partial charge >= 0.3 is 5.97 Å². The summed E-state index contributed by atoms with van der Waals surface area (Å²) in [7, 11) is 1.81. The summed E-state index contributed by atoms with van der Waals surface area (Å²) in [4.78, 5) is 14.3. The summed E-state index contributed by atoms with van der Waals surface area (Å²) in [5.41, 5.74) is -0.603. The van der Waals surface area contributed by atoms with E-state index in [4.69, 9.17) is 9.47 Å². The molecular formula is C13H26N2O3. The molecule has 5 nitrogen and oxygen atoms in total. The summed E-state index contributed by atoms with van der Waals surface area (Å²) >= 11 is 0. The highest BCUT2D eigenvalue weighted by Crippen LogP contribution is 2.15. The number of nitrogens with zero attached hydrogens (tertiary/aromatic N) is 1. The van der Waals surface area contributed by atoms with Crippen molar-refractivity contribution in [3.8, 4) is 0 Å². The van der Waals surface area contributed by atoms with Crippen LogP contribution < -0.4 is 5.32 Å². The first-order chi connectivity index (χ1) is 8.53. The number of carbonyl (C=O) groups is 1. The van der Waals surface area contributed by atoms with Crippen LogP contribution in [0, 0.1) is 0 Å². The fraction of sp³-hybridized carbons (Fsp3) is 0.923. The highest BCUT2D eigenvalue weighted by atomic mass is 16.5. The van der Waals surface area contributed by atoms with Crippen LogP contribution in [0.3, 0.4) is 0 Å². The molecule has 1 saturated heterocycles. The van der Waals surface area contributed by atoms with Crippen LogP contribution in [0.4, 0.5) is 0 Å². The zero-order valence-corrected chi connectivity index (χ0v) is 12.0. The number of morpholine rings is 1. The monoisotopic (exact) mass is 258 g/mol. The lowest BCUT2D eigenvalue weighted by Gasteiger charge is -2.36. The predicted octanol–water partition coefficient (Wildman–Crippen LogP) is 0.638. The summed E-state index contributed by atoms with van der Waals surface area (Å²) in [5.74, 6) is -0.173. The minimum Gasteiger partial charge on any atom is -0.465 e. The summed E-state index contributed by atoms with van der Waals surface area (Å²) in [6.45, 7) is 9.67. The Balaban J connectivity index is 2.49. The molecule has 1 fully saturated rings. The van der Waals surface area contributed by atoms with Gasteiger partial charge in [-0.3, -0.25) is 9.69 Å². The largest absolute Gasteiger partial charge is 0.465 e. The van der Waals surface area contributed by atoms with E-state index >= 15 is 0 Å². The average molecular weight is 258 g/mol. The molecule has 1 heterocycles. The van der Waals surface area contributed by atoms with E-state index in [0.717, 1.165) is 32.7 Å². The van der Waals surface area contributed by atoms with Gasteiger partial charge in [0.1, 0.15) is 5.54 Å². The second-order valence-corrected chi connectivity index (χ2v) is 5.01. The normalized spacial score (nSPS) is 24.6. The number of nitrogens with one attached hydrogen (secondary N) is 1. The molecule has 1 aliphatic rings. The Bertz CT molecular complexity index is 273. The third-order valence-corrected chi connectivity index (χ3v) is 3.68. The van der Waals surface area contributed by atoms with E-state index in [1.807, 2.05) is 13.8 Å². The van der Waals surface area contributed by atoms with Crippen LogP contribution >= 0.6 is 0 Å². The lowest BCUT2D eigenvalue weighted by molar-refractivity contribution is -0.150. The maximum absolute atomic E-state index is 11.9. The van der Waals surface area contributed by atoms with Gasteiger partial charge in [-0.05, 0) is 34.2 Å². The molecule has 106 valence electrons. The highest BCUT2D eigenvalue weighted by Gasteiger charge is 2.34. The molecule has 1 aliphatic heterocycles. The Labute approximate surface area is 110 Å². The topological polar surface area (TPSA) is 50.8 Å². The Morgan fingerprint density at radius 1 is 1.61 bits per heavy atom. The van der Waals surface area contributed by atoms with E-state index in [-0.39, 0.29) is 5.97 Å². The van der Waals surface area contributed by atoms with Crippen LogP contribution in [0.1, 0.15) is 27.2 Å².